The predicted octanol–water partition coefficient (Wildman–Crippen LogP) is 2.18. The molecule has 0 aliphatic carbocycles. The van der Waals surface area contributed by atoms with E-state index in [2.05, 4.69) is 20.1 Å². The highest BCUT2D eigenvalue weighted by molar-refractivity contribution is 5.69. The molecule has 0 aliphatic heterocycles. The van der Waals surface area contributed by atoms with Crippen LogP contribution in [0.5, 0.6) is 0 Å². The van der Waals surface area contributed by atoms with E-state index in [9.17, 15) is 4.79 Å². The average Bonchev–Trinajstić information content (AvgIpc) is 2.83. The fraction of sp³-hybridized carbons (Fsp3) is 0.500. The van der Waals surface area contributed by atoms with Gasteiger partial charge < -0.3 is 10.1 Å². The zero-order valence-corrected chi connectivity index (χ0v) is 11.9. The maximum atomic E-state index is 11.0. The molecule has 20 heavy (non-hydrogen) atoms. The number of carbonyl (C=O) groups excluding carboxylic acids is 1. The van der Waals surface area contributed by atoms with Crippen molar-refractivity contribution in [2.75, 3.05) is 19.0 Å². The molecule has 0 spiro atoms. The molecule has 2 aromatic heterocycles. The number of anilines is 1. The van der Waals surface area contributed by atoms with E-state index in [1.165, 1.54) is 7.11 Å². The second-order valence-corrected chi connectivity index (χ2v) is 4.70. The Labute approximate surface area is 118 Å². The molecule has 0 radical (unpaired) electrons. The van der Waals surface area contributed by atoms with Gasteiger partial charge in [-0.15, -0.1) is 0 Å². The van der Waals surface area contributed by atoms with Crippen molar-refractivity contribution >= 4 is 17.3 Å². The summed E-state index contributed by atoms with van der Waals surface area (Å²) in [6, 6.07) is 2.01. The topological polar surface area (TPSA) is 68.5 Å². The fourth-order valence-corrected chi connectivity index (χ4v) is 2.06. The summed E-state index contributed by atoms with van der Waals surface area (Å²) in [4.78, 5) is 15.3. The molecule has 0 aliphatic rings. The summed E-state index contributed by atoms with van der Waals surface area (Å²) in [5.41, 5.74) is 1.96. The first-order chi connectivity index (χ1) is 9.70. The number of methoxy groups -OCH3 is 1. The first kappa shape index (κ1) is 14.3. The Kier molecular flexibility index (Phi) is 4.92. The van der Waals surface area contributed by atoms with Crippen LogP contribution in [0.3, 0.4) is 0 Å². The monoisotopic (exact) mass is 276 g/mol. The van der Waals surface area contributed by atoms with Gasteiger partial charge in [-0.2, -0.15) is 5.10 Å². The van der Waals surface area contributed by atoms with Gasteiger partial charge in [0, 0.05) is 25.4 Å². The fourth-order valence-electron chi connectivity index (χ4n) is 2.06. The highest BCUT2D eigenvalue weighted by atomic mass is 16.5. The summed E-state index contributed by atoms with van der Waals surface area (Å²) in [5, 5.41) is 7.66. The number of nitrogens with zero attached hydrogens (tertiary/aromatic N) is 3. The van der Waals surface area contributed by atoms with E-state index >= 15 is 0 Å². The van der Waals surface area contributed by atoms with Gasteiger partial charge in [0.1, 0.15) is 5.52 Å². The summed E-state index contributed by atoms with van der Waals surface area (Å²) >= 11 is 0. The summed E-state index contributed by atoms with van der Waals surface area (Å²) in [6.07, 6.45) is 6.91. The lowest BCUT2D eigenvalue weighted by atomic mass is 10.2. The van der Waals surface area contributed by atoms with Gasteiger partial charge in [0.05, 0.1) is 12.8 Å². The number of rotatable bonds is 7. The largest absolute Gasteiger partial charge is 0.469 e. The summed E-state index contributed by atoms with van der Waals surface area (Å²) < 4.78 is 6.42. The van der Waals surface area contributed by atoms with Gasteiger partial charge in [-0.25, -0.2) is 9.50 Å². The van der Waals surface area contributed by atoms with Crippen LogP contribution in [0, 0.1) is 6.92 Å². The molecule has 6 heteroatoms. The van der Waals surface area contributed by atoms with Crippen LogP contribution < -0.4 is 5.32 Å². The Morgan fingerprint density at radius 2 is 2.25 bits per heavy atom. The molecular formula is C14H20N4O2. The van der Waals surface area contributed by atoms with Crippen molar-refractivity contribution in [1.82, 2.24) is 14.6 Å². The zero-order chi connectivity index (χ0) is 14.4. The molecule has 0 unspecified atom stereocenters. The third-order valence-electron chi connectivity index (χ3n) is 3.09. The maximum Gasteiger partial charge on any atom is 0.305 e. The number of hydrogen-bond acceptors (Lipinski definition) is 5. The molecule has 2 aromatic rings. The SMILES string of the molecule is COC(=O)CCCCCNc1nccn2nc(C)cc12. The lowest BCUT2D eigenvalue weighted by Gasteiger charge is -2.06. The second kappa shape index (κ2) is 6.88. The molecule has 0 saturated heterocycles. The normalized spacial score (nSPS) is 10.7. The van der Waals surface area contributed by atoms with Crippen LogP contribution in [-0.2, 0) is 9.53 Å². The van der Waals surface area contributed by atoms with Gasteiger partial charge in [-0.3, -0.25) is 4.79 Å². The van der Waals surface area contributed by atoms with Gasteiger partial charge in [-0.05, 0) is 25.8 Å². The van der Waals surface area contributed by atoms with Crippen LogP contribution in [0.4, 0.5) is 5.82 Å². The smallest absolute Gasteiger partial charge is 0.305 e. The van der Waals surface area contributed by atoms with Crippen molar-refractivity contribution < 1.29 is 9.53 Å². The van der Waals surface area contributed by atoms with E-state index in [-0.39, 0.29) is 5.97 Å². The number of aryl methyl sites for hydroxylation is 1. The third-order valence-corrected chi connectivity index (χ3v) is 3.09. The molecule has 0 bridgehead atoms. The molecule has 0 amide bonds. The standard InChI is InChI=1S/C14H20N4O2/c1-11-10-12-14(16-8-9-18(12)17-11)15-7-5-3-4-6-13(19)20-2/h8-10H,3-7H2,1-2H3,(H,15,16). The van der Waals surface area contributed by atoms with Crippen LogP contribution in [0.2, 0.25) is 0 Å². The van der Waals surface area contributed by atoms with Gasteiger partial charge in [0.2, 0.25) is 0 Å². The Morgan fingerprint density at radius 1 is 1.40 bits per heavy atom. The molecule has 0 atom stereocenters. The quantitative estimate of drug-likeness (QED) is 0.620. The number of ether oxygens (including phenoxy) is 1. The van der Waals surface area contributed by atoms with E-state index in [1.807, 2.05) is 23.7 Å². The Morgan fingerprint density at radius 3 is 3.05 bits per heavy atom. The molecule has 1 N–H and O–H groups in total. The first-order valence-corrected chi connectivity index (χ1v) is 6.82. The van der Waals surface area contributed by atoms with E-state index in [1.54, 1.807) is 6.20 Å². The van der Waals surface area contributed by atoms with Gasteiger partial charge in [0.25, 0.3) is 0 Å². The zero-order valence-electron chi connectivity index (χ0n) is 11.9. The van der Waals surface area contributed by atoms with Crippen LogP contribution in [0.25, 0.3) is 5.52 Å². The minimum absolute atomic E-state index is 0.140. The van der Waals surface area contributed by atoms with Crippen molar-refractivity contribution in [1.29, 1.82) is 0 Å². The van der Waals surface area contributed by atoms with Crippen molar-refractivity contribution in [3.05, 3.63) is 24.2 Å². The molecule has 2 rings (SSSR count). The van der Waals surface area contributed by atoms with Crippen LogP contribution in [0.15, 0.2) is 18.5 Å². The van der Waals surface area contributed by atoms with E-state index in [0.717, 1.165) is 42.8 Å². The molecule has 2 heterocycles. The van der Waals surface area contributed by atoms with Crippen molar-refractivity contribution in [2.45, 2.75) is 32.6 Å². The Bertz CT molecular complexity index is 580. The van der Waals surface area contributed by atoms with Gasteiger partial charge in [-0.1, -0.05) is 6.42 Å². The molecule has 108 valence electrons. The lowest BCUT2D eigenvalue weighted by molar-refractivity contribution is -0.140. The number of hydrogen-bond donors (Lipinski definition) is 1. The molecule has 0 saturated carbocycles. The number of nitrogens with one attached hydrogen (secondary N) is 1. The summed E-state index contributed by atoms with van der Waals surface area (Å²) in [7, 11) is 1.42. The molecular weight excluding hydrogens is 256 g/mol. The van der Waals surface area contributed by atoms with Crippen LogP contribution >= 0.6 is 0 Å². The Hall–Kier alpha value is -2.11. The number of carbonyl (C=O) groups is 1. The highest BCUT2D eigenvalue weighted by Crippen LogP contribution is 2.14. The van der Waals surface area contributed by atoms with E-state index < -0.39 is 0 Å². The number of fused-ring (bicyclic) bond motifs is 1. The lowest BCUT2D eigenvalue weighted by Crippen LogP contribution is -2.05. The molecule has 0 fully saturated rings. The summed E-state index contributed by atoms with van der Waals surface area (Å²) in [5.74, 6) is 0.709. The van der Waals surface area contributed by atoms with Crippen molar-refractivity contribution in [2.24, 2.45) is 0 Å². The van der Waals surface area contributed by atoms with E-state index in [0.29, 0.717) is 6.42 Å². The summed E-state index contributed by atoms with van der Waals surface area (Å²) in [6.45, 7) is 2.79. The van der Waals surface area contributed by atoms with Crippen molar-refractivity contribution in [3.63, 3.8) is 0 Å². The van der Waals surface area contributed by atoms with Gasteiger partial charge >= 0.3 is 5.97 Å². The van der Waals surface area contributed by atoms with Crippen LogP contribution in [-0.4, -0.2) is 34.2 Å². The number of esters is 1. The highest BCUT2D eigenvalue weighted by Gasteiger charge is 2.04. The van der Waals surface area contributed by atoms with Gasteiger partial charge in [0.15, 0.2) is 5.82 Å². The Balaban J connectivity index is 1.77. The maximum absolute atomic E-state index is 11.0. The van der Waals surface area contributed by atoms with E-state index in [4.69, 9.17) is 0 Å². The number of unbranched alkanes of at least 4 members (excludes halogenated alkanes) is 2. The van der Waals surface area contributed by atoms with Crippen molar-refractivity contribution in [3.8, 4) is 0 Å². The number of aromatic nitrogens is 3. The first-order valence-electron chi connectivity index (χ1n) is 6.82. The minimum atomic E-state index is -0.140. The predicted molar refractivity (Wildman–Crippen MR) is 76.7 cm³/mol. The average molecular weight is 276 g/mol. The molecule has 6 nitrogen and oxygen atoms in total. The second-order valence-electron chi connectivity index (χ2n) is 4.70. The molecule has 0 aromatic carbocycles. The minimum Gasteiger partial charge on any atom is -0.469 e. The third kappa shape index (κ3) is 3.69. The van der Waals surface area contributed by atoms with Crippen LogP contribution in [0.1, 0.15) is 31.4 Å².